The zero-order chi connectivity index (χ0) is 15.2. The Bertz CT molecular complexity index is 706. The first kappa shape index (κ1) is 15.5. The van der Waals surface area contributed by atoms with Crippen molar-refractivity contribution in [3.05, 3.63) is 33.8 Å². The van der Waals surface area contributed by atoms with E-state index < -0.39 is 9.84 Å². The fourth-order valence-corrected chi connectivity index (χ4v) is 6.16. The Morgan fingerprint density at radius 3 is 2.81 bits per heavy atom. The molecule has 114 valence electrons. The molecule has 0 aromatic heterocycles. The number of halogens is 2. The molecule has 8 heteroatoms. The topological polar surface area (TPSA) is 49.7 Å². The molecule has 1 aromatic carbocycles. The predicted octanol–water partition coefficient (Wildman–Crippen LogP) is 2.69. The number of thioether (sulfide) groups is 1. The molecule has 0 bridgehead atoms. The van der Waals surface area contributed by atoms with Gasteiger partial charge >= 0.3 is 0 Å². The first-order valence-electron chi connectivity index (χ1n) is 6.43. The van der Waals surface area contributed by atoms with Crippen molar-refractivity contribution in [2.24, 2.45) is 4.99 Å². The molecule has 1 aromatic rings. The van der Waals surface area contributed by atoms with Crippen LogP contribution in [0.15, 0.2) is 23.2 Å². The van der Waals surface area contributed by atoms with Crippen molar-refractivity contribution in [3.63, 3.8) is 0 Å². The van der Waals surface area contributed by atoms with E-state index in [1.165, 1.54) is 0 Å². The highest BCUT2D eigenvalue weighted by molar-refractivity contribution is 8.13. The van der Waals surface area contributed by atoms with Crippen LogP contribution in [0.1, 0.15) is 5.56 Å². The van der Waals surface area contributed by atoms with Gasteiger partial charge in [0.2, 0.25) is 0 Å². The molecule has 0 radical (unpaired) electrons. The summed E-state index contributed by atoms with van der Waals surface area (Å²) in [6.07, 6.45) is 0. The van der Waals surface area contributed by atoms with E-state index >= 15 is 0 Å². The maximum Gasteiger partial charge on any atom is 0.159 e. The van der Waals surface area contributed by atoms with Crippen molar-refractivity contribution in [1.82, 2.24) is 4.90 Å². The van der Waals surface area contributed by atoms with Crippen molar-refractivity contribution < 1.29 is 8.42 Å². The monoisotopic (exact) mass is 364 g/mol. The molecule has 4 nitrogen and oxygen atoms in total. The summed E-state index contributed by atoms with van der Waals surface area (Å²) in [5.74, 6) is 1.04. The zero-order valence-electron chi connectivity index (χ0n) is 11.3. The van der Waals surface area contributed by atoms with E-state index in [1.54, 1.807) is 17.8 Å². The maximum atomic E-state index is 11.6. The largest absolute Gasteiger partial charge is 0.348 e. The molecule has 2 aliphatic rings. The van der Waals surface area contributed by atoms with Crippen LogP contribution < -0.4 is 0 Å². The highest BCUT2D eigenvalue weighted by atomic mass is 35.5. The summed E-state index contributed by atoms with van der Waals surface area (Å²) in [5, 5.41) is 2.13. The van der Waals surface area contributed by atoms with Gasteiger partial charge in [-0.2, -0.15) is 0 Å². The Morgan fingerprint density at radius 2 is 2.14 bits per heavy atom. The standard InChI is InChI=1S/C13H14Cl2N2O2S2/c1-17-12-7-21(18,19)6-11(12)16-13(17)20-5-8-2-3-9(14)4-10(8)15/h2-4,11-12H,5-7H2,1H3/t11-,12+/m1/s1. The third-order valence-electron chi connectivity index (χ3n) is 3.74. The van der Waals surface area contributed by atoms with Gasteiger partial charge in [-0.15, -0.1) is 0 Å². The molecule has 3 rings (SSSR count). The fourth-order valence-electron chi connectivity index (χ4n) is 2.60. The normalized spacial score (nSPS) is 26.8. The van der Waals surface area contributed by atoms with Crippen LogP contribution >= 0.6 is 35.0 Å². The number of likely N-dealkylation sites (N-methyl/N-ethyl adjacent to an activating group) is 1. The smallest absolute Gasteiger partial charge is 0.159 e. The molecular weight excluding hydrogens is 351 g/mol. The molecule has 1 saturated heterocycles. The number of fused-ring (bicyclic) bond motifs is 1. The number of rotatable bonds is 2. The van der Waals surface area contributed by atoms with Gasteiger partial charge in [0.1, 0.15) is 0 Å². The average Bonchev–Trinajstić information content (AvgIpc) is 2.83. The number of aliphatic imine (C=N–C) groups is 1. The molecule has 2 atom stereocenters. The molecule has 2 aliphatic heterocycles. The van der Waals surface area contributed by atoms with Crippen molar-refractivity contribution in [3.8, 4) is 0 Å². The lowest BCUT2D eigenvalue weighted by molar-refractivity contribution is 0.410. The van der Waals surface area contributed by atoms with Crippen molar-refractivity contribution in [1.29, 1.82) is 0 Å². The minimum Gasteiger partial charge on any atom is -0.348 e. The molecule has 0 spiro atoms. The number of hydrogen-bond donors (Lipinski definition) is 0. The van der Waals surface area contributed by atoms with E-state index in [0.29, 0.717) is 15.8 Å². The second kappa shape index (κ2) is 5.65. The van der Waals surface area contributed by atoms with Gasteiger partial charge in [0.25, 0.3) is 0 Å². The van der Waals surface area contributed by atoms with E-state index in [-0.39, 0.29) is 23.6 Å². The molecule has 0 aliphatic carbocycles. The van der Waals surface area contributed by atoms with E-state index in [1.807, 2.05) is 24.1 Å². The lowest BCUT2D eigenvalue weighted by Crippen LogP contribution is -2.35. The number of nitrogens with zero attached hydrogens (tertiary/aromatic N) is 2. The first-order valence-corrected chi connectivity index (χ1v) is 10.00. The van der Waals surface area contributed by atoms with Crippen LogP contribution in [-0.4, -0.2) is 49.1 Å². The van der Waals surface area contributed by atoms with E-state index in [9.17, 15) is 8.42 Å². The molecule has 21 heavy (non-hydrogen) atoms. The zero-order valence-corrected chi connectivity index (χ0v) is 14.4. The van der Waals surface area contributed by atoms with Crippen LogP contribution in [0, 0.1) is 0 Å². The van der Waals surface area contributed by atoms with Gasteiger partial charge in [0, 0.05) is 22.8 Å². The van der Waals surface area contributed by atoms with Gasteiger partial charge in [0.05, 0.1) is 23.6 Å². The summed E-state index contributed by atoms with van der Waals surface area (Å²) in [6.45, 7) is 0. The number of amidine groups is 1. The summed E-state index contributed by atoms with van der Waals surface area (Å²) in [7, 11) is -1.03. The Kier molecular flexibility index (Phi) is 4.16. The van der Waals surface area contributed by atoms with Gasteiger partial charge in [-0.05, 0) is 17.7 Å². The molecule has 1 fully saturated rings. The van der Waals surface area contributed by atoms with Gasteiger partial charge in [-0.25, -0.2) is 8.42 Å². The first-order chi connectivity index (χ1) is 9.85. The lowest BCUT2D eigenvalue weighted by Gasteiger charge is -2.20. The molecular formula is C13H14Cl2N2O2S2. The van der Waals surface area contributed by atoms with E-state index in [0.717, 1.165) is 10.7 Å². The predicted molar refractivity (Wildman–Crippen MR) is 89.2 cm³/mol. The van der Waals surface area contributed by atoms with Crippen LogP contribution in [0.4, 0.5) is 0 Å². The van der Waals surface area contributed by atoms with E-state index in [2.05, 4.69) is 4.99 Å². The van der Waals surface area contributed by atoms with Crippen molar-refractivity contribution in [2.75, 3.05) is 18.6 Å². The fraction of sp³-hybridized carbons (Fsp3) is 0.462. The van der Waals surface area contributed by atoms with Crippen LogP contribution in [0.25, 0.3) is 0 Å². The summed E-state index contributed by atoms with van der Waals surface area (Å²) >= 11 is 13.6. The number of hydrogen-bond acceptors (Lipinski definition) is 5. The summed E-state index contributed by atoms with van der Waals surface area (Å²) < 4.78 is 23.2. The highest BCUT2D eigenvalue weighted by Gasteiger charge is 2.44. The molecule has 0 N–H and O–H groups in total. The lowest BCUT2D eigenvalue weighted by atomic mass is 10.2. The number of sulfone groups is 1. The van der Waals surface area contributed by atoms with E-state index in [4.69, 9.17) is 23.2 Å². The summed E-state index contributed by atoms with van der Waals surface area (Å²) in [4.78, 5) is 6.52. The van der Waals surface area contributed by atoms with Crippen LogP contribution in [0.2, 0.25) is 10.0 Å². The van der Waals surface area contributed by atoms with Crippen LogP contribution in [0.5, 0.6) is 0 Å². The summed E-state index contributed by atoms with van der Waals surface area (Å²) in [6, 6.07) is 5.30. The Hall–Kier alpha value is -0.430. The Labute approximate surface area is 138 Å². The second-order valence-electron chi connectivity index (χ2n) is 5.26. The van der Waals surface area contributed by atoms with Gasteiger partial charge in [-0.3, -0.25) is 4.99 Å². The Balaban J connectivity index is 1.69. The minimum absolute atomic E-state index is 0.0156. The quantitative estimate of drug-likeness (QED) is 0.809. The molecule has 0 amide bonds. The third kappa shape index (κ3) is 3.18. The second-order valence-corrected chi connectivity index (χ2v) is 9.20. The van der Waals surface area contributed by atoms with Gasteiger partial charge in [0.15, 0.2) is 15.0 Å². The van der Waals surface area contributed by atoms with Gasteiger partial charge in [-0.1, -0.05) is 41.0 Å². The van der Waals surface area contributed by atoms with Crippen LogP contribution in [-0.2, 0) is 15.6 Å². The van der Waals surface area contributed by atoms with Crippen molar-refractivity contribution in [2.45, 2.75) is 17.8 Å². The Morgan fingerprint density at radius 1 is 1.38 bits per heavy atom. The van der Waals surface area contributed by atoms with Crippen LogP contribution in [0.3, 0.4) is 0 Å². The SMILES string of the molecule is CN1C(SCc2ccc(Cl)cc2Cl)=N[C@@H]2CS(=O)(=O)C[C@@H]21. The average molecular weight is 365 g/mol. The molecule has 0 unspecified atom stereocenters. The number of benzene rings is 1. The summed E-state index contributed by atoms with van der Waals surface area (Å²) in [5.41, 5.74) is 0.992. The maximum absolute atomic E-state index is 11.6. The van der Waals surface area contributed by atoms with Crippen molar-refractivity contribution >= 4 is 50.0 Å². The minimum atomic E-state index is -2.93. The molecule has 0 saturated carbocycles. The highest BCUT2D eigenvalue weighted by Crippen LogP contribution is 2.32. The third-order valence-corrected chi connectivity index (χ3v) is 7.13. The molecule has 2 heterocycles. The van der Waals surface area contributed by atoms with Gasteiger partial charge < -0.3 is 4.90 Å².